The Morgan fingerprint density at radius 1 is 0.931 bits per heavy atom. The highest BCUT2D eigenvalue weighted by Gasteiger charge is 2.14. The standard InChI is InChI=1S/C23H21BrN2O3/c1-2-25-22(27)17-8-6-10-19(14-17)26-23(28)20-11-3-4-12-21(20)29-15-16-7-5-9-18(24)13-16/h3-14H,2,15H2,1H3,(H,25,27)(H,26,28). The van der Waals surface area contributed by atoms with Gasteiger partial charge in [0, 0.05) is 22.3 Å². The van der Waals surface area contributed by atoms with Crippen molar-refractivity contribution in [2.45, 2.75) is 13.5 Å². The molecule has 0 aliphatic carbocycles. The molecule has 0 bridgehead atoms. The third-order valence-corrected chi connectivity index (χ3v) is 4.63. The number of hydrogen-bond donors (Lipinski definition) is 2. The van der Waals surface area contributed by atoms with Crippen LogP contribution in [0, 0.1) is 0 Å². The lowest BCUT2D eigenvalue weighted by Gasteiger charge is -2.12. The highest BCUT2D eigenvalue weighted by molar-refractivity contribution is 9.10. The van der Waals surface area contributed by atoms with Crippen LogP contribution in [-0.4, -0.2) is 18.4 Å². The molecule has 0 aliphatic rings. The van der Waals surface area contributed by atoms with Gasteiger partial charge in [0.25, 0.3) is 11.8 Å². The number of rotatable bonds is 7. The van der Waals surface area contributed by atoms with E-state index in [2.05, 4.69) is 26.6 Å². The summed E-state index contributed by atoms with van der Waals surface area (Å²) in [6.07, 6.45) is 0. The Morgan fingerprint density at radius 3 is 2.52 bits per heavy atom. The minimum absolute atomic E-state index is 0.179. The van der Waals surface area contributed by atoms with Gasteiger partial charge in [-0.15, -0.1) is 0 Å². The number of halogens is 1. The number of hydrogen-bond acceptors (Lipinski definition) is 3. The maximum absolute atomic E-state index is 12.8. The summed E-state index contributed by atoms with van der Waals surface area (Å²) in [5.41, 5.74) is 2.44. The summed E-state index contributed by atoms with van der Waals surface area (Å²) in [5.74, 6) is 0.00843. The van der Waals surface area contributed by atoms with Crippen LogP contribution in [-0.2, 0) is 6.61 Å². The molecule has 0 radical (unpaired) electrons. The van der Waals surface area contributed by atoms with Crippen LogP contribution >= 0.6 is 15.9 Å². The van der Waals surface area contributed by atoms with Crippen LogP contribution in [0.25, 0.3) is 0 Å². The molecule has 0 saturated heterocycles. The molecule has 0 aliphatic heterocycles. The largest absolute Gasteiger partial charge is 0.488 e. The number of nitrogens with one attached hydrogen (secondary N) is 2. The van der Waals surface area contributed by atoms with E-state index in [9.17, 15) is 9.59 Å². The zero-order chi connectivity index (χ0) is 20.6. The Hall–Kier alpha value is -3.12. The number of carbonyl (C=O) groups excluding carboxylic acids is 2. The number of carbonyl (C=O) groups is 2. The van der Waals surface area contributed by atoms with E-state index in [1.165, 1.54) is 0 Å². The van der Waals surface area contributed by atoms with Crippen LogP contribution in [0.2, 0.25) is 0 Å². The number of anilines is 1. The van der Waals surface area contributed by atoms with Crippen molar-refractivity contribution in [2.24, 2.45) is 0 Å². The van der Waals surface area contributed by atoms with Crippen molar-refractivity contribution >= 4 is 33.4 Å². The van der Waals surface area contributed by atoms with Crippen LogP contribution in [0.3, 0.4) is 0 Å². The Morgan fingerprint density at radius 2 is 1.72 bits per heavy atom. The summed E-state index contributed by atoms with van der Waals surface area (Å²) in [6, 6.07) is 21.7. The first-order valence-corrected chi connectivity index (χ1v) is 10.0. The van der Waals surface area contributed by atoms with E-state index in [0.717, 1.165) is 10.0 Å². The van der Waals surface area contributed by atoms with Gasteiger partial charge in [-0.05, 0) is 55.0 Å². The number of benzene rings is 3. The lowest BCUT2D eigenvalue weighted by atomic mass is 10.1. The molecular weight excluding hydrogens is 432 g/mol. The van der Waals surface area contributed by atoms with E-state index in [1.54, 1.807) is 42.5 Å². The van der Waals surface area contributed by atoms with Crippen molar-refractivity contribution in [2.75, 3.05) is 11.9 Å². The smallest absolute Gasteiger partial charge is 0.259 e. The van der Waals surface area contributed by atoms with Crippen molar-refractivity contribution < 1.29 is 14.3 Å². The SMILES string of the molecule is CCNC(=O)c1cccc(NC(=O)c2ccccc2OCc2cccc(Br)c2)c1. The van der Waals surface area contributed by atoms with E-state index in [4.69, 9.17) is 4.74 Å². The molecule has 0 heterocycles. The third kappa shape index (κ3) is 5.68. The number of ether oxygens (including phenoxy) is 1. The molecule has 2 N–H and O–H groups in total. The van der Waals surface area contributed by atoms with E-state index >= 15 is 0 Å². The zero-order valence-corrected chi connectivity index (χ0v) is 17.5. The highest BCUT2D eigenvalue weighted by Crippen LogP contribution is 2.22. The van der Waals surface area contributed by atoms with Crippen molar-refractivity contribution in [3.05, 3.63) is 94.0 Å². The average molecular weight is 453 g/mol. The van der Waals surface area contributed by atoms with Crippen molar-refractivity contribution in [3.63, 3.8) is 0 Å². The molecular formula is C23H21BrN2O3. The third-order valence-electron chi connectivity index (χ3n) is 4.14. The second-order valence-electron chi connectivity index (χ2n) is 6.31. The molecule has 3 aromatic carbocycles. The summed E-state index contributed by atoms with van der Waals surface area (Å²) in [4.78, 5) is 24.8. The molecule has 0 fully saturated rings. The van der Waals surface area contributed by atoms with Crippen LogP contribution in [0.1, 0.15) is 33.2 Å². The number of para-hydroxylation sites is 1. The molecule has 0 unspecified atom stereocenters. The second kappa shape index (κ2) is 9.89. The molecule has 148 valence electrons. The predicted molar refractivity (Wildman–Crippen MR) is 117 cm³/mol. The first kappa shape index (κ1) is 20.6. The molecule has 5 nitrogen and oxygen atoms in total. The molecule has 6 heteroatoms. The molecule has 3 aromatic rings. The zero-order valence-electron chi connectivity index (χ0n) is 15.9. The first-order valence-electron chi connectivity index (χ1n) is 9.22. The van der Waals surface area contributed by atoms with Gasteiger partial charge in [-0.2, -0.15) is 0 Å². The minimum atomic E-state index is -0.303. The monoisotopic (exact) mass is 452 g/mol. The lowest BCUT2D eigenvalue weighted by Crippen LogP contribution is -2.22. The highest BCUT2D eigenvalue weighted by atomic mass is 79.9. The van der Waals surface area contributed by atoms with Gasteiger partial charge >= 0.3 is 0 Å². The Labute approximate surface area is 178 Å². The fourth-order valence-corrected chi connectivity index (χ4v) is 3.21. The summed E-state index contributed by atoms with van der Waals surface area (Å²) in [7, 11) is 0. The van der Waals surface area contributed by atoms with Gasteiger partial charge in [0.1, 0.15) is 12.4 Å². The van der Waals surface area contributed by atoms with Gasteiger partial charge in [0.05, 0.1) is 5.56 Å². The van der Waals surface area contributed by atoms with Gasteiger partial charge in [-0.25, -0.2) is 0 Å². The summed E-state index contributed by atoms with van der Waals surface area (Å²) < 4.78 is 6.85. The minimum Gasteiger partial charge on any atom is -0.488 e. The molecule has 0 aromatic heterocycles. The van der Waals surface area contributed by atoms with Crippen LogP contribution in [0.15, 0.2) is 77.3 Å². The topological polar surface area (TPSA) is 67.4 Å². The van der Waals surface area contributed by atoms with Crippen molar-refractivity contribution in [1.29, 1.82) is 0 Å². The fourth-order valence-electron chi connectivity index (χ4n) is 2.77. The van der Waals surface area contributed by atoms with Crippen molar-refractivity contribution in [1.82, 2.24) is 5.32 Å². The van der Waals surface area contributed by atoms with Crippen LogP contribution in [0.5, 0.6) is 5.75 Å². The summed E-state index contributed by atoms with van der Waals surface area (Å²) in [5, 5.41) is 5.58. The Bertz CT molecular complexity index is 1020. The van der Waals surface area contributed by atoms with E-state index in [-0.39, 0.29) is 11.8 Å². The lowest BCUT2D eigenvalue weighted by molar-refractivity contribution is 0.0954. The van der Waals surface area contributed by atoms with Gasteiger partial charge in [0.15, 0.2) is 0 Å². The van der Waals surface area contributed by atoms with E-state index in [0.29, 0.717) is 35.7 Å². The van der Waals surface area contributed by atoms with Gasteiger partial charge in [-0.3, -0.25) is 9.59 Å². The van der Waals surface area contributed by atoms with Crippen LogP contribution in [0.4, 0.5) is 5.69 Å². The molecule has 0 spiro atoms. The number of amides is 2. The van der Waals surface area contributed by atoms with Gasteiger partial charge in [0.2, 0.25) is 0 Å². The maximum Gasteiger partial charge on any atom is 0.259 e. The fraction of sp³-hybridized carbons (Fsp3) is 0.130. The average Bonchev–Trinajstić information content (AvgIpc) is 2.73. The van der Waals surface area contributed by atoms with Gasteiger partial charge in [-0.1, -0.05) is 46.3 Å². The summed E-state index contributed by atoms with van der Waals surface area (Å²) >= 11 is 3.44. The summed E-state index contributed by atoms with van der Waals surface area (Å²) in [6.45, 7) is 2.74. The maximum atomic E-state index is 12.8. The molecule has 3 rings (SSSR count). The molecule has 2 amide bonds. The Balaban J connectivity index is 1.73. The predicted octanol–water partition coefficient (Wildman–Crippen LogP) is 5.03. The van der Waals surface area contributed by atoms with Crippen LogP contribution < -0.4 is 15.4 Å². The normalized spacial score (nSPS) is 10.3. The molecule has 0 saturated carbocycles. The van der Waals surface area contributed by atoms with E-state index < -0.39 is 0 Å². The Kier molecular flexibility index (Phi) is 7.03. The van der Waals surface area contributed by atoms with E-state index in [1.807, 2.05) is 37.3 Å². The molecule has 0 atom stereocenters. The van der Waals surface area contributed by atoms with Gasteiger partial charge < -0.3 is 15.4 Å². The van der Waals surface area contributed by atoms with Crippen molar-refractivity contribution in [3.8, 4) is 5.75 Å². The first-order chi connectivity index (χ1) is 14.1. The quantitative estimate of drug-likeness (QED) is 0.528. The molecule has 29 heavy (non-hydrogen) atoms. The second-order valence-corrected chi connectivity index (χ2v) is 7.22.